The largest absolute Gasteiger partial charge is 0.496 e. The molecule has 31 heavy (non-hydrogen) atoms. The number of allylic oxidation sites excluding steroid dienone is 1. The van der Waals surface area contributed by atoms with Gasteiger partial charge in [-0.15, -0.1) is 0 Å². The zero-order valence-electron chi connectivity index (χ0n) is 17.6. The Morgan fingerprint density at radius 2 is 1.77 bits per heavy atom. The quantitative estimate of drug-likeness (QED) is 0.760. The number of rotatable bonds is 5. The standard InChI is InChI=1S/C22H25F3N2O4/c1-13-18(14(2)28)21(22(23,24)25,20(30)27(13)15-9-5-4-6-10-15)26-19(29)16-11-7-8-12-17(16)31-3/h7-8,11-12,15H,4-6,9-10H2,1-3H3,(H,26,29)/t21-/m1/s1. The lowest BCUT2D eigenvalue weighted by molar-refractivity contribution is -0.191. The van der Waals surface area contributed by atoms with Gasteiger partial charge in [0, 0.05) is 11.7 Å². The number of nitrogens with zero attached hydrogens (tertiary/aromatic N) is 1. The number of alkyl halides is 3. The number of Topliss-reactive ketones (excluding diaryl/α,β-unsaturated/α-hetero) is 1. The van der Waals surface area contributed by atoms with Crippen molar-refractivity contribution in [1.29, 1.82) is 0 Å². The first-order chi connectivity index (χ1) is 14.6. The molecule has 1 saturated carbocycles. The van der Waals surface area contributed by atoms with Gasteiger partial charge in [0.05, 0.1) is 18.2 Å². The van der Waals surface area contributed by atoms with E-state index in [2.05, 4.69) is 0 Å². The summed E-state index contributed by atoms with van der Waals surface area (Å²) in [6.07, 6.45) is -1.64. The SMILES string of the molecule is COc1ccccc1C(=O)N[C@@]1(C(F)(F)F)C(=O)N(C2CCCCC2)C(C)=C1C(C)=O. The van der Waals surface area contributed by atoms with E-state index in [0.717, 1.165) is 31.1 Å². The molecule has 9 heteroatoms. The molecule has 2 aliphatic rings. The molecule has 168 valence electrons. The summed E-state index contributed by atoms with van der Waals surface area (Å²) in [4.78, 5) is 39.8. The molecule has 1 aliphatic carbocycles. The van der Waals surface area contributed by atoms with E-state index in [1.807, 2.05) is 5.32 Å². The zero-order chi connectivity index (χ0) is 23.0. The van der Waals surface area contributed by atoms with Crippen LogP contribution in [0.25, 0.3) is 0 Å². The van der Waals surface area contributed by atoms with Gasteiger partial charge in [0.1, 0.15) is 5.75 Å². The van der Waals surface area contributed by atoms with Crippen molar-refractivity contribution >= 4 is 17.6 Å². The average Bonchev–Trinajstić information content (AvgIpc) is 2.95. The third-order valence-corrected chi connectivity index (χ3v) is 6.01. The van der Waals surface area contributed by atoms with Crippen LogP contribution in [-0.2, 0) is 9.59 Å². The highest BCUT2D eigenvalue weighted by Crippen LogP contribution is 2.47. The fourth-order valence-electron chi connectivity index (χ4n) is 4.65. The van der Waals surface area contributed by atoms with Crippen molar-refractivity contribution in [3.8, 4) is 5.75 Å². The Bertz CT molecular complexity index is 935. The lowest BCUT2D eigenvalue weighted by Gasteiger charge is -2.36. The number of carbonyl (C=O) groups is 3. The predicted octanol–water partition coefficient (Wildman–Crippen LogP) is 3.76. The van der Waals surface area contributed by atoms with E-state index in [0.29, 0.717) is 12.8 Å². The van der Waals surface area contributed by atoms with Crippen LogP contribution in [-0.4, -0.2) is 47.4 Å². The summed E-state index contributed by atoms with van der Waals surface area (Å²) in [6, 6.07) is 5.30. The topological polar surface area (TPSA) is 75.7 Å². The summed E-state index contributed by atoms with van der Waals surface area (Å²) < 4.78 is 48.8. The number of benzene rings is 1. The Labute approximate surface area is 178 Å². The number of hydrogen-bond acceptors (Lipinski definition) is 4. The van der Waals surface area contributed by atoms with Crippen molar-refractivity contribution in [2.45, 2.75) is 63.7 Å². The monoisotopic (exact) mass is 438 g/mol. The van der Waals surface area contributed by atoms with Gasteiger partial charge < -0.3 is 15.0 Å². The van der Waals surface area contributed by atoms with E-state index in [1.165, 1.54) is 32.2 Å². The van der Waals surface area contributed by atoms with Gasteiger partial charge in [-0.05, 0) is 38.8 Å². The highest BCUT2D eigenvalue weighted by atomic mass is 19.4. The molecule has 0 spiro atoms. The van der Waals surface area contributed by atoms with E-state index in [9.17, 15) is 27.6 Å². The number of para-hydroxylation sites is 1. The third kappa shape index (κ3) is 3.70. The summed E-state index contributed by atoms with van der Waals surface area (Å²) in [6.45, 7) is 2.32. The Kier molecular flexibility index (Phi) is 6.16. The summed E-state index contributed by atoms with van der Waals surface area (Å²) in [5, 5.41) is 1.89. The first kappa shape index (κ1) is 22.8. The van der Waals surface area contributed by atoms with Gasteiger partial charge in [0.2, 0.25) is 5.54 Å². The molecule has 1 aromatic rings. The van der Waals surface area contributed by atoms with Gasteiger partial charge in [-0.25, -0.2) is 0 Å². The molecule has 3 rings (SSSR count). The van der Waals surface area contributed by atoms with Crippen molar-refractivity contribution in [2.24, 2.45) is 0 Å². The van der Waals surface area contributed by atoms with E-state index in [4.69, 9.17) is 4.74 Å². The molecule has 1 atom stereocenters. The second-order valence-corrected chi connectivity index (χ2v) is 7.89. The van der Waals surface area contributed by atoms with Crippen LogP contribution in [0.2, 0.25) is 0 Å². The summed E-state index contributed by atoms with van der Waals surface area (Å²) >= 11 is 0. The second-order valence-electron chi connectivity index (χ2n) is 7.89. The molecule has 0 radical (unpaired) electrons. The molecular formula is C22H25F3N2O4. The molecule has 0 bridgehead atoms. The number of methoxy groups -OCH3 is 1. The maximum absolute atomic E-state index is 14.6. The molecule has 1 aromatic carbocycles. The summed E-state index contributed by atoms with van der Waals surface area (Å²) in [7, 11) is 1.28. The van der Waals surface area contributed by atoms with Crippen molar-refractivity contribution in [2.75, 3.05) is 7.11 Å². The van der Waals surface area contributed by atoms with Crippen LogP contribution in [0.15, 0.2) is 35.5 Å². The van der Waals surface area contributed by atoms with Crippen LogP contribution >= 0.6 is 0 Å². The number of nitrogens with one attached hydrogen (secondary N) is 1. The second kappa shape index (κ2) is 8.36. The maximum Gasteiger partial charge on any atom is 0.425 e. The fourth-order valence-corrected chi connectivity index (χ4v) is 4.65. The lowest BCUT2D eigenvalue weighted by atomic mass is 9.86. The Hall–Kier alpha value is -2.84. The number of halogens is 3. The Morgan fingerprint density at radius 1 is 1.16 bits per heavy atom. The number of amides is 2. The van der Waals surface area contributed by atoms with Crippen LogP contribution in [0, 0.1) is 0 Å². The van der Waals surface area contributed by atoms with Gasteiger partial charge in [-0.1, -0.05) is 31.4 Å². The maximum atomic E-state index is 14.6. The highest BCUT2D eigenvalue weighted by molar-refractivity contribution is 6.13. The van der Waals surface area contributed by atoms with Crippen molar-refractivity contribution in [1.82, 2.24) is 10.2 Å². The minimum Gasteiger partial charge on any atom is -0.496 e. The highest BCUT2D eigenvalue weighted by Gasteiger charge is 2.70. The van der Waals surface area contributed by atoms with Crippen molar-refractivity contribution in [3.05, 3.63) is 41.1 Å². The Balaban J connectivity index is 2.14. The first-order valence-electron chi connectivity index (χ1n) is 10.1. The van der Waals surface area contributed by atoms with Gasteiger partial charge in [0.25, 0.3) is 11.8 Å². The van der Waals surface area contributed by atoms with E-state index >= 15 is 0 Å². The van der Waals surface area contributed by atoms with Gasteiger partial charge in [-0.3, -0.25) is 14.4 Å². The summed E-state index contributed by atoms with van der Waals surface area (Å²) in [5.41, 5.74) is -4.41. The number of ketones is 1. The van der Waals surface area contributed by atoms with Gasteiger partial charge >= 0.3 is 6.18 Å². The minimum absolute atomic E-state index is 0.0528. The number of ether oxygens (including phenoxy) is 1. The van der Waals surface area contributed by atoms with E-state index in [1.54, 1.807) is 6.07 Å². The first-order valence-corrected chi connectivity index (χ1v) is 10.1. The molecule has 1 fully saturated rings. The third-order valence-electron chi connectivity index (χ3n) is 6.01. The summed E-state index contributed by atoms with van der Waals surface area (Å²) in [5.74, 6) is -3.35. The number of hydrogen-bond donors (Lipinski definition) is 1. The van der Waals surface area contributed by atoms with Crippen molar-refractivity contribution in [3.63, 3.8) is 0 Å². The molecule has 1 N–H and O–H groups in total. The molecule has 6 nitrogen and oxygen atoms in total. The van der Waals surface area contributed by atoms with E-state index in [-0.39, 0.29) is 17.0 Å². The molecule has 2 amide bonds. The predicted molar refractivity (Wildman–Crippen MR) is 106 cm³/mol. The van der Waals surface area contributed by atoms with Gasteiger partial charge in [-0.2, -0.15) is 13.2 Å². The molecule has 0 saturated heterocycles. The number of carbonyl (C=O) groups excluding carboxylic acids is 3. The van der Waals surface area contributed by atoms with Crippen LogP contribution in [0.4, 0.5) is 13.2 Å². The normalized spacial score (nSPS) is 22.6. The van der Waals surface area contributed by atoms with Crippen LogP contribution in [0.3, 0.4) is 0 Å². The van der Waals surface area contributed by atoms with Crippen LogP contribution in [0.1, 0.15) is 56.3 Å². The Morgan fingerprint density at radius 3 is 2.32 bits per heavy atom. The van der Waals surface area contributed by atoms with Crippen molar-refractivity contribution < 1.29 is 32.3 Å². The molecule has 1 aliphatic heterocycles. The molecular weight excluding hydrogens is 413 g/mol. The molecule has 1 heterocycles. The van der Waals surface area contributed by atoms with E-state index < -0.39 is 40.9 Å². The minimum atomic E-state index is -5.23. The zero-order valence-corrected chi connectivity index (χ0v) is 17.6. The van der Waals surface area contributed by atoms with Crippen LogP contribution in [0.5, 0.6) is 5.75 Å². The molecule has 0 unspecified atom stereocenters. The van der Waals surface area contributed by atoms with Gasteiger partial charge in [0.15, 0.2) is 5.78 Å². The van der Waals surface area contributed by atoms with Crippen LogP contribution < -0.4 is 10.1 Å². The smallest absolute Gasteiger partial charge is 0.425 e. The fraction of sp³-hybridized carbons (Fsp3) is 0.500. The average molecular weight is 438 g/mol. The lowest BCUT2D eigenvalue weighted by Crippen LogP contribution is -2.66. The molecule has 0 aromatic heterocycles.